The zero-order valence-corrected chi connectivity index (χ0v) is 10.4. The Hall–Kier alpha value is -0.860. The number of fused-ring (bicyclic) bond motifs is 1. The highest BCUT2D eigenvalue weighted by molar-refractivity contribution is 5.40. The van der Waals surface area contributed by atoms with Gasteiger partial charge in [-0.25, -0.2) is 0 Å². The van der Waals surface area contributed by atoms with Crippen LogP contribution in [-0.4, -0.2) is 18.6 Å². The Morgan fingerprint density at radius 1 is 1.12 bits per heavy atom. The molecular weight excluding hydrogens is 208 g/mol. The lowest BCUT2D eigenvalue weighted by atomic mass is 9.77. The van der Waals surface area contributed by atoms with E-state index in [1.807, 2.05) is 0 Å². The molecule has 1 aromatic carbocycles. The number of nitrogens with one attached hydrogen (secondary N) is 1. The first kappa shape index (κ1) is 11.2. The SMILES string of the molecule is NC1CCC(NCC2Cc3ccccc32)CC1. The van der Waals surface area contributed by atoms with Crippen LogP contribution in [0.2, 0.25) is 0 Å². The van der Waals surface area contributed by atoms with Crippen LogP contribution in [0.4, 0.5) is 0 Å². The van der Waals surface area contributed by atoms with Gasteiger partial charge in [-0.15, -0.1) is 0 Å². The second-order valence-electron chi connectivity index (χ2n) is 5.62. The summed E-state index contributed by atoms with van der Waals surface area (Å²) in [5.41, 5.74) is 9.03. The molecule has 2 nitrogen and oxygen atoms in total. The third-order valence-electron chi connectivity index (χ3n) is 4.39. The van der Waals surface area contributed by atoms with Crippen molar-refractivity contribution in [2.75, 3.05) is 6.54 Å². The van der Waals surface area contributed by atoms with Gasteiger partial charge < -0.3 is 11.1 Å². The van der Waals surface area contributed by atoms with Gasteiger partial charge in [-0.2, -0.15) is 0 Å². The number of rotatable bonds is 3. The van der Waals surface area contributed by atoms with Crippen molar-refractivity contribution in [2.24, 2.45) is 5.73 Å². The fourth-order valence-electron chi connectivity index (χ4n) is 3.18. The van der Waals surface area contributed by atoms with E-state index < -0.39 is 0 Å². The highest BCUT2D eigenvalue weighted by Crippen LogP contribution is 2.34. The zero-order valence-electron chi connectivity index (χ0n) is 10.4. The molecule has 0 heterocycles. The van der Waals surface area contributed by atoms with E-state index in [9.17, 15) is 0 Å². The lowest BCUT2D eigenvalue weighted by molar-refractivity contribution is 0.332. The minimum absolute atomic E-state index is 0.456. The van der Waals surface area contributed by atoms with Crippen LogP contribution < -0.4 is 11.1 Å². The van der Waals surface area contributed by atoms with Gasteiger partial charge in [-0.3, -0.25) is 0 Å². The highest BCUT2D eigenvalue weighted by atomic mass is 14.9. The molecule has 17 heavy (non-hydrogen) atoms. The van der Waals surface area contributed by atoms with Gasteiger partial charge >= 0.3 is 0 Å². The van der Waals surface area contributed by atoms with E-state index >= 15 is 0 Å². The molecular formula is C15H22N2. The molecule has 1 aromatic rings. The fourth-order valence-corrected chi connectivity index (χ4v) is 3.18. The van der Waals surface area contributed by atoms with Gasteiger partial charge in [0.2, 0.25) is 0 Å². The molecule has 0 bridgehead atoms. The second kappa shape index (κ2) is 4.79. The molecule has 2 aliphatic rings. The molecule has 1 atom stereocenters. The molecule has 0 aromatic heterocycles. The molecule has 2 heteroatoms. The van der Waals surface area contributed by atoms with E-state index in [1.165, 1.54) is 32.1 Å². The Labute approximate surface area is 104 Å². The predicted molar refractivity (Wildman–Crippen MR) is 71.1 cm³/mol. The van der Waals surface area contributed by atoms with Crippen molar-refractivity contribution in [1.29, 1.82) is 0 Å². The van der Waals surface area contributed by atoms with Crippen LogP contribution in [-0.2, 0) is 6.42 Å². The topological polar surface area (TPSA) is 38.0 Å². The van der Waals surface area contributed by atoms with Gasteiger partial charge in [0.05, 0.1) is 0 Å². The van der Waals surface area contributed by atoms with Gasteiger partial charge in [0.1, 0.15) is 0 Å². The summed E-state index contributed by atoms with van der Waals surface area (Å²) < 4.78 is 0. The molecule has 3 N–H and O–H groups in total. The van der Waals surface area contributed by atoms with Crippen molar-refractivity contribution < 1.29 is 0 Å². The van der Waals surface area contributed by atoms with Crippen LogP contribution in [0.3, 0.4) is 0 Å². The second-order valence-corrected chi connectivity index (χ2v) is 5.62. The summed E-state index contributed by atoms with van der Waals surface area (Å²) in [6.45, 7) is 1.15. The van der Waals surface area contributed by atoms with Crippen LogP contribution >= 0.6 is 0 Å². The maximum absolute atomic E-state index is 5.93. The van der Waals surface area contributed by atoms with Crippen molar-refractivity contribution in [2.45, 2.75) is 50.1 Å². The maximum Gasteiger partial charge on any atom is 0.00684 e. The molecule has 92 valence electrons. The van der Waals surface area contributed by atoms with E-state index in [4.69, 9.17) is 5.73 Å². The van der Waals surface area contributed by atoms with E-state index in [0.29, 0.717) is 12.1 Å². The van der Waals surface area contributed by atoms with Crippen molar-refractivity contribution in [3.8, 4) is 0 Å². The molecule has 0 amide bonds. The highest BCUT2D eigenvalue weighted by Gasteiger charge is 2.26. The summed E-state index contributed by atoms with van der Waals surface area (Å²) >= 11 is 0. The molecule has 0 aliphatic heterocycles. The van der Waals surface area contributed by atoms with Crippen molar-refractivity contribution in [3.05, 3.63) is 35.4 Å². The van der Waals surface area contributed by atoms with Crippen LogP contribution in [0.5, 0.6) is 0 Å². The van der Waals surface area contributed by atoms with E-state index in [1.54, 1.807) is 11.1 Å². The number of hydrogen-bond acceptors (Lipinski definition) is 2. The van der Waals surface area contributed by atoms with Crippen molar-refractivity contribution in [3.63, 3.8) is 0 Å². The normalized spacial score (nSPS) is 31.7. The average Bonchev–Trinajstić information content (AvgIpc) is 2.33. The third kappa shape index (κ3) is 2.38. The van der Waals surface area contributed by atoms with Gasteiger partial charge in [-0.05, 0) is 43.2 Å². The summed E-state index contributed by atoms with van der Waals surface area (Å²) in [6, 6.07) is 10.0. The first-order chi connectivity index (χ1) is 8.33. The molecule has 0 radical (unpaired) electrons. The monoisotopic (exact) mass is 230 g/mol. The third-order valence-corrected chi connectivity index (χ3v) is 4.39. The number of nitrogens with two attached hydrogens (primary N) is 1. The summed E-state index contributed by atoms with van der Waals surface area (Å²) in [5, 5.41) is 3.73. The quantitative estimate of drug-likeness (QED) is 0.835. The van der Waals surface area contributed by atoms with Gasteiger partial charge in [0.15, 0.2) is 0 Å². The summed E-state index contributed by atoms with van der Waals surface area (Å²) in [7, 11) is 0. The van der Waals surface area contributed by atoms with Crippen LogP contribution in [0, 0.1) is 0 Å². The maximum atomic E-state index is 5.93. The predicted octanol–water partition coefficient (Wildman–Crippen LogP) is 2.19. The van der Waals surface area contributed by atoms with Gasteiger partial charge in [0, 0.05) is 24.5 Å². The van der Waals surface area contributed by atoms with Crippen LogP contribution in [0.15, 0.2) is 24.3 Å². The standard InChI is InChI=1S/C15H22N2/c16-13-5-7-14(8-6-13)17-10-12-9-11-3-1-2-4-15(11)12/h1-4,12-14,17H,5-10,16H2. The number of hydrogen-bond donors (Lipinski definition) is 2. The largest absolute Gasteiger partial charge is 0.328 e. The molecule has 0 saturated heterocycles. The first-order valence-electron chi connectivity index (χ1n) is 6.89. The Morgan fingerprint density at radius 2 is 1.88 bits per heavy atom. The molecule has 1 fully saturated rings. The minimum Gasteiger partial charge on any atom is -0.328 e. The van der Waals surface area contributed by atoms with Crippen LogP contribution in [0.1, 0.15) is 42.7 Å². The Kier molecular flexibility index (Phi) is 3.17. The van der Waals surface area contributed by atoms with E-state index in [2.05, 4.69) is 29.6 Å². The van der Waals surface area contributed by atoms with E-state index in [0.717, 1.165) is 12.5 Å². The lowest BCUT2D eigenvalue weighted by Gasteiger charge is -2.33. The molecule has 1 saturated carbocycles. The lowest BCUT2D eigenvalue weighted by Crippen LogP contribution is -2.40. The molecule has 0 spiro atoms. The van der Waals surface area contributed by atoms with E-state index in [-0.39, 0.29) is 0 Å². The molecule has 3 rings (SSSR count). The molecule has 2 aliphatic carbocycles. The summed E-state index contributed by atoms with van der Waals surface area (Å²) in [4.78, 5) is 0. The van der Waals surface area contributed by atoms with Crippen molar-refractivity contribution in [1.82, 2.24) is 5.32 Å². The minimum atomic E-state index is 0.456. The molecule has 1 unspecified atom stereocenters. The first-order valence-corrected chi connectivity index (χ1v) is 6.89. The Bertz CT molecular complexity index is 380. The zero-order chi connectivity index (χ0) is 11.7. The van der Waals surface area contributed by atoms with Gasteiger partial charge in [-0.1, -0.05) is 24.3 Å². The van der Waals surface area contributed by atoms with Crippen molar-refractivity contribution >= 4 is 0 Å². The van der Waals surface area contributed by atoms with Crippen LogP contribution in [0.25, 0.3) is 0 Å². The van der Waals surface area contributed by atoms with Gasteiger partial charge in [0.25, 0.3) is 0 Å². The fraction of sp³-hybridized carbons (Fsp3) is 0.600. The summed E-state index contributed by atoms with van der Waals surface area (Å²) in [5.74, 6) is 0.752. The average molecular weight is 230 g/mol. The number of benzene rings is 1. The summed E-state index contributed by atoms with van der Waals surface area (Å²) in [6.07, 6.45) is 6.16. The Morgan fingerprint density at radius 3 is 2.65 bits per heavy atom. The Balaban J connectivity index is 1.47. The smallest absolute Gasteiger partial charge is 0.00684 e.